The van der Waals surface area contributed by atoms with E-state index >= 15 is 0 Å². The standard InChI is InChI=1S/C11H23N3O3/c1-7(2)14(8(3)9(12)13-16)10(15)17-11(4,5)6/h7-8,16H,1-6H3,(H2,12,13)/t8-/m1/s1. The first kappa shape index (κ1) is 15.5. The van der Waals surface area contributed by atoms with Gasteiger partial charge in [-0.05, 0) is 41.5 Å². The van der Waals surface area contributed by atoms with Crippen LogP contribution in [0.3, 0.4) is 0 Å². The van der Waals surface area contributed by atoms with Gasteiger partial charge in [0.2, 0.25) is 0 Å². The molecule has 0 bridgehead atoms. The van der Waals surface area contributed by atoms with Crippen molar-refractivity contribution in [2.45, 2.75) is 59.2 Å². The largest absolute Gasteiger partial charge is 0.444 e. The van der Waals surface area contributed by atoms with E-state index in [0.717, 1.165) is 0 Å². The van der Waals surface area contributed by atoms with Gasteiger partial charge in [0.1, 0.15) is 5.60 Å². The summed E-state index contributed by atoms with van der Waals surface area (Å²) in [4.78, 5) is 13.4. The van der Waals surface area contributed by atoms with Crippen LogP contribution in [0.5, 0.6) is 0 Å². The zero-order valence-electron chi connectivity index (χ0n) is 11.4. The minimum Gasteiger partial charge on any atom is -0.444 e. The van der Waals surface area contributed by atoms with E-state index in [4.69, 9.17) is 15.7 Å². The quantitative estimate of drug-likeness (QED) is 0.343. The maximum atomic E-state index is 12.0. The van der Waals surface area contributed by atoms with Crippen molar-refractivity contribution in [3.05, 3.63) is 0 Å². The summed E-state index contributed by atoms with van der Waals surface area (Å²) in [5.74, 6) is -0.0236. The smallest absolute Gasteiger partial charge is 0.411 e. The van der Waals surface area contributed by atoms with Crippen LogP contribution in [0, 0.1) is 0 Å². The molecule has 0 heterocycles. The molecule has 0 saturated heterocycles. The number of rotatable bonds is 3. The molecule has 17 heavy (non-hydrogen) atoms. The summed E-state index contributed by atoms with van der Waals surface area (Å²) in [6.45, 7) is 10.7. The highest BCUT2D eigenvalue weighted by Crippen LogP contribution is 2.14. The van der Waals surface area contributed by atoms with Crippen molar-refractivity contribution in [2.24, 2.45) is 10.9 Å². The molecule has 0 radical (unpaired) electrons. The number of carbonyl (C=O) groups excluding carboxylic acids is 1. The summed E-state index contributed by atoms with van der Waals surface area (Å²) >= 11 is 0. The number of amidine groups is 1. The van der Waals surface area contributed by atoms with Gasteiger partial charge in [-0.15, -0.1) is 0 Å². The van der Waals surface area contributed by atoms with Gasteiger partial charge in [0.25, 0.3) is 0 Å². The van der Waals surface area contributed by atoms with E-state index in [1.54, 1.807) is 27.7 Å². The van der Waals surface area contributed by atoms with E-state index in [1.165, 1.54) is 4.90 Å². The van der Waals surface area contributed by atoms with Crippen molar-refractivity contribution in [1.29, 1.82) is 0 Å². The number of nitrogens with zero attached hydrogens (tertiary/aromatic N) is 2. The Labute approximate surface area is 102 Å². The minimum absolute atomic E-state index is 0.0236. The van der Waals surface area contributed by atoms with Crippen LogP contribution in [0.4, 0.5) is 4.79 Å². The Bertz CT molecular complexity index is 295. The molecule has 0 aliphatic heterocycles. The lowest BCUT2D eigenvalue weighted by atomic mass is 10.2. The summed E-state index contributed by atoms with van der Waals surface area (Å²) in [5, 5.41) is 11.5. The summed E-state index contributed by atoms with van der Waals surface area (Å²) in [6.07, 6.45) is -0.480. The fourth-order valence-corrected chi connectivity index (χ4v) is 1.36. The lowest BCUT2D eigenvalue weighted by Crippen LogP contribution is -2.51. The minimum atomic E-state index is -0.574. The predicted molar refractivity (Wildman–Crippen MR) is 66.1 cm³/mol. The average Bonchev–Trinajstić information content (AvgIpc) is 2.12. The molecule has 0 unspecified atom stereocenters. The third kappa shape index (κ3) is 4.93. The van der Waals surface area contributed by atoms with Crippen molar-refractivity contribution in [3.63, 3.8) is 0 Å². The van der Waals surface area contributed by atoms with Crippen LogP contribution >= 0.6 is 0 Å². The Morgan fingerprint density at radius 2 is 1.82 bits per heavy atom. The zero-order chi connectivity index (χ0) is 13.8. The highest BCUT2D eigenvalue weighted by molar-refractivity contribution is 5.88. The van der Waals surface area contributed by atoms with E-state index in [9.17, 15) is 4.79 Å². The number of amides is 1. The molecule has 0 aliphatic carbocycles. The summed E-state index contributed by atoms with van der Waals surface area (Å²) < 4.78 is 5.27. The molecule has 0 spiro atoms. The van der Waals surface area contributed by atoms with Crippen molar-refractivity contribution >= 4 is 11.9 Å². The van der Waals surface area contributed by atoms with Crippen LogP contribution in [0.25, 0.3) is 0 Å². The molecule has 100 valence electrons. The Morgan fingerprint density at radius 1 is 1.35 bits per heavy atom. The molecule has 0 aliphatic rings. The summed E-state index contributed by atoms with van der Waals surface area (Å²) in [7, 11) is 0. The SMILES string of the molecule is CC(C)N(C(=O)OC(C)(C)C)[C@H](C)C(N)=NO. The molecular weight excluding hydrogens is 222 g/mol. The van der Waals surface area contributed by atoms with Gasteiger partial charge >= 0.3 is 6.09 Å². The van der Waals surface area contributed by atoms with Crippen LogP contribution < -0.4 is 5.73 Å². The lowest BCUT2D eigenvalue weighted by Gasteiger charge is -2.33. The second-order valence-electron chi connectivity index (χ2n) is 5.18. The number of oxime groups is 1. The normalized spacial score (nSPS) is 14.6. The lowest BCUT2D eigenvalue weighted by molar-refractivity contribution is 0.0158. The molecule has 1 atom stereocenters. The second-order valence-corrected chi connectivity index (χ2v) is 5.18. The monoisotopic (exact) mass is 245 g/mol. The molecule has 0 aromatic rings. The van der Waals surface area contributed by atoms with Crippen LogP contribution in [0.15, 0.2) is 5.16 Å². The molecule has 6 nitrogen and oxygen atoms in total. The van der Waals surface area contributed by atoms with Gasteiger partial charge in [-0.2, -0.15) is 0 Å². The van der Waals surface area contributed by atoms with E-state index in [-0.39, 0.29) is 11.9 Å². The molecule has 0 aromatic heterocycles. The molecule has 0 saturated carbocycles. The highest BCUT2D eigenvalue weighted by Gasteiger charge is 2.30. The van der Waals surface area contributed by atoms with Gasteiger partial charge in [-0.3, -0.25) is 4.90 Å². The van der Waals surface area contributed by atoms with Gasteiger partial charge in [0.15, 0.2) is 5.84 Å². The first-order valence-electron chi connectivity index (χ1n) is 5.59. The van der Waals surface area contributed by atoms with Crippen molar-refractivity contribution in [1.82, 2.24) is 4.90 Å². The summed E-state index contributed by atoms with van der Waals surface area (Å²) in [6, 6.07) is -0.630. The second kappa shape index (κ2) is 5.75. The first-order valence-corrected chi connectivity index (χ1v) is 5.59. The molecule has 3 N–H and O–H groups in total. The molecule has 0 rings (SSSR count). The molecular formula is C11H23N3O3. The highest BCUT2D eigenvalue weighted by atomic mass is 16.6. The third-order valence-corrected chi connectivity index (χ3v) is 2.12. The number of hydrogen-bond donors (Lipinski definition) is 2. The van der Waals surface area contributed by atoms with E-state index in [2.05, 4.69) is 5.16 Å². The topological polar surface area (TPSA) is 88.2 Å². The van der Waals surface area contributed by atoms with Crippen molar-refractivity contribution in [3.8, 4) is 0 Å². The fraction of sp³-hybridized carbons (Fsp3) is 0.818. The van der Waals surface area contributed by atoms with Gasteiger partial charge in [-0.1, -0.05) is 5.16 Å². The zero-order valence-corrected chi connectivity index (χ0v) is 11.4. The van der Waals surface area contributed by atoms with Gasteiger partial charge in [-0.25, -0.2) is 4.79 Å². The van der Waals surface area contributed by atoms with Crippen molar-refractivity contribution < 1.29 is 14.7 Å². The molecule has 0 fully saturated rings. The maximum Gasteiger partial charge on any atom is 0.411 e. The Morgan fingerprint density at radius 3 is 2.12 bits per heavy atom. The number of hydrogen-bond acceptors (Lipinski definition) is 4. The predicted octanol–water partition coefficient (Wildman–Crippen LogP) is 1.77. The van der Waals surface area contributed by atoms with Crippen LogP contribution in [-0.4, -0.2) is 39.7 Å². The molecule has 0 aromatic carbocycles. The van der Waals surface area contributed by atoms with E-state index in [1.807, 2.05) is 13.8 Å². The average molecular weight is 245 g/mol. The van der Waals surface area contributed by atoms with Gasteiger partial charge in [0.05, 0.1) is 6.04 Å². The molecule has 6 heteroatoms. The molecule has 1 amide bonds. The van der Waals surface area contributed by atoms with E-state index < -0.39 is 17.7 Å². The van der Waals surface area contributed by atoms with Crippen molar-refractivity contribution in [2.75, 3.05) is 0 Å². The number of ether oxygens (including phenoxy) is 1. The summed E-state index contributed by atoms with van der Waals surface area (Å²) in [5.41, 5.74) is 4.93. The van der Waals surface area contributed by atoms with Gasteiger partial charge < -0.3 is 15.7 Å². The van der Waals surface area contributed by atoms with Gasteiger partial charge in [0, 0.05) is 6.04 Å². The maximum absolute atomic E-state index is 12.0. The third-order valence-electron chi connectivity index (χ3n) is 2.12. The van der Waals surface area contributed by atoms with Crippen LogP contribution in [0.1, 0.15) is 41.5 Å². The Kier molecular flexibility index (Phi) is 5.25. The Hall–Kier alpha value is -1.46. The Balaban J connectivity index is 4.93. The fourth-order valence-electron chi connectivity index (χ4n) is 1.36. The number of nitrogens with two attached hydrogens (primary N) is 1. The van der Waals surface area contributed by atoms with Crippen LogP contribution in [0.2, 0.25) is 0 Å². The first-order chi connectivity index (χ1) is 7.60. The number of carbonyl (C=O) groups is 1. The van der Waals surface area contributed by atoms with E-state index in [0.29, 0.717) is 0 Å². The van der Waals surface area contributed by atoms with Crippen LogP contribution in [-0.2, 0) is 4.74 Å².